The van der Waals surface area contributed by atoms with Gasteiger partial charge in [0.05, 0.1) is 10.0 Å². The number of hydrogen-bond acceptors (Lipinski definition) is 1. The number of carbonyl (C=O) groups is 1. The summed E-state index contributed by atoms with van der Waals surface area (Å²) in [4.78, 5) is 11.0. The number of benzene rings is 1. The van der Waals surface area contributed by atoms with Crippen LogP contribution in [-0.2, 0) is 4.79 Å². The lowest BCUT2D eigenvalue weighted by molar-refractivity contribution is -0.118. The SMILES string of the molecule is O=C1C[C](c2ccc(Cl)c(Cl)c2)CN1. The van der Waals surface area contributed by atoms with Gasteiger partial charge in [0.25, 0.3) is 0 Å². The highest BCUT2D eigenvalue weighted by atomic mass is 35.5. The average molecular weight is 229 g/mol. The summed E-state index contributed by atoms with van der Waals surface area (Å²) >= 11 is 11.7. The van der Waals surface area contributed by atoms with Crippen molar-refractivity contribution in [2.24, 2.45) is 0 Å². The predicted octanol–water partition coefficient (Wildman–Crippen LogP) is 2.44. The van der Waals surface area contributed by atoms with Gasteiger partial charge >= 0.3 is 0 Å². The molecule has 1 aliphatic heterocycles. The lowest BCUT2D eigenvalue weighted by atomic mass is 9.98. The zero-order valence-electron chi connectivity index (χ0n) is 7.31. The van der Waals surface area contributed by atoms with Crippen LogP contribution in [0.25, 0.3) is 0 Å². The Kier molecular flexibility index (Phi) is 2.66. The largest absolute Gasteiger partial charge is 0.355 e. The highest BCUT2D eigenvalue weighted by Gasteiger charge is 2.23. The van der Waals surface area contributed by atoms with Crippen molar-refractivity contribution in [1.29, 1.82) is 0 Å². The first-order valence-corrected chi connectivity index (χ1v) is 4.99. The third kappa shape index (κ3) is 1.86. The molecule has 0 aromatic heterocycles. The van der Waals surface area contributed by atoms with Gasteiger partial charge in [0.15, 0.2) is 0 Å². The summed E-state index contributed by atoms with van der Waals surface area (Å²) in [6.07, 6.45) is 0.456. The van der Waals surface area contributed by atoms with E-state index in [1.807, 2.05) is 6.07 Å². The molecule has 1 amide bonds. The molecular formula is C10H8Cl2NO. The first kappa shape index (κ1) is 9.81. The first-order valence-electron chi connectivity index (χ1n) is 4.23. The molecule has 1 saturated heterocycles. The van der Waals surface area contributed by atoms with Crippen LogP contribution < -0.4 is 5.32 Å². The lowest BCUT2D eigenvalue weighted by Crippen LogP contribution is -2.13. The fraction of sp³-hybridized carbons (Fsp3) is 0.200. The van der Waals surface area contributed by atoms with Gasteiger partial charge in [-0.15, -0.1) is 0 Å². The fourth-order valence-corrected chi connectivity index (χ4v) is 1.74. The number of rotatable bonds is 1. The van der Waals surface area contributed by atoms with Crippen LogP contribution >= 0.6 is 23.2 Å². The van der Waals surface area contributed by atoms with E-state index < -0.39 is 0 Å². The molecule has 4 heteroatoms. The van der Waals surface area contributed by atoms with Gasteiger partial charge in [-0.3, -0.25) is 4.79 Å². The molecule has 2 rings (SSSR count). The Morgan fingerprint density at radius 1 is 1.21 bits per heavy atom. The van der Waals surface area contributed by atoms with Crippen LogP contribution in [0.15, 0.2) is 18.2 Å². The smallest absolute Gasteiger partial charge is 0.221 e. The summed E-state index contributed by atoms with van der Waals surface area (Å²) in [6.45, 7) is 0.608. The van der Waals surface area contributed by atoms with Crippen molar-refractivity contribution in [2.45, 2.75) is 6.42 Å². The van der Waals surface area contributed by atoms with E-state index in [1.165, 1.54) is 0 Å². The number of nitrogens with one attached hydrogen (secondary N) is 1. The molecule has 0 saturated carbocycles. The average Bonchev–Trinajstić information content (AvgIpc) is 2.57. The van der Waals surface area contributed by atoms with Gasteiger partial charge in [0, 0.05) is 18.9 Å². The lowest BCUT2D eigenvalue weighted by Gasteiger charge is -2.07. The second-order valence-electron chi connectivity index (χ2n) is 3.19. The summed E-state index contributed by atoms with van der Waals surface area (Å²) in [5.41, 5.74) is 0.984. The van der Waals surface area contributed by atoms with Crippen LogP contribution in [0.1, 0.15) is 12.0 Å². The highest BCUT2D eigenvalue weighted by molar-refractivity contribution is 6.42. The molecule has 2 nitrogen and oxygen atoms in total. The van der Waals surface area contributed by atoms with Crippen molar-refractivity contribution in [1.82, 2.24) is 5.32 Å². The van der Waals surface area contributed by atoms with Crippen molar-refractivity contribution >= 4 is 29.1 Å². The van der Waals surface area contributed by atoms with Crippen LogP contribution in [0.4, 0.5) is 0 Å². The van der Waals surface area contributed by atoms with E-state index in [1.54, 1.807) is 12.1 Å². The standard InChI is InChI=1S/C10H8Cl2NO/c11-8-2-1-6(3-9(8)12)7-4-10(14)13-5-7/h1-3H,4-5H2,(H,13,14). The predicted molar refractivity (Wildman–Crippen MR) is 56.4 cm³/mol. The van der Waals surface area contributed by atoms with Crippen LogP contribution in [0, 0.1) is 5.92 Å². The molecule has 1 heterocycles. The van der Waals surface area contributed by atoms with E-state index in [0.29, 0.717) is 23.0 Å². The molecule has 0 bridgehead atoms. The zero-order valence-corrected chi connectivity index (χ0v) is 8.82. The molecule has 1 radical (unpaired) electrons. The van der Waals surface area contributed by atoms with Gasteiger partial charge in [-0.1, -0.05) is 29.3 Å². The van der Waals surface area contributed by atoms with Crippen LogP contribution in [0.5, 0.6) is 0 Å². The van der Waals surface area contributed by atoms with E-state index in [4.69, 9.17) is 23.2 Å². The summed E-state index contributed by atoms with van der Waals surface area (Å²) in [6, 6.07) is 5.42. The molecule has 1 aromatic rings. The van der Waals surface area contributed by atoms with Crippen molar-refractivity contribution in [2.75, 3.05) is 6.54 Å². The Bertz CT molecular complexity index is 378. The van der Waals surface area contributed by atoms with Gasteiger partial charge in [-0.05, 0) is 17.7 Å². The summed E-state index contributed by atoms with van der Waals surface area (Å²) in [5.74, 6) is 1.12. The Labute approximate surface area is 92.2 Å². The van der Waals surface area contributed by atoms with Crippen molar-refractivity contribution in [3.05, 3.63) is 39.7 Å². The van der Waals surface area contributed by atoms with Crippen molar-refractivity contribution < 1.29 is 4.79 Å². The first-order chi connectivity index (χ1) is 6.66. The molecule has 1 fully saturated rings. The minimum atomic E-state index is 0.0612. The van der Waals surface area contributed by atoms with Gasteiger partial charge < -0.3 is 5.32 Å². The van der Waals surface area contributed by atoms with Gasteiger partial charge in [-0.25, -0.2) is 0 Å². The molecule has 1 N–H and O–H groups in total. The van der Waals surface area contributed by atoms with Crippen molar-refractivity contribution in [3.8, 4) is 0 Å². The number of carbonyl (C=O) groups excluding carboxylic acids is 1. The third-order valence-electron chi connectivity index (χ3n) is 2.20. The summed E-state index contributed by atoms with van der Waals surface area (Å²) < 4.78 is 0. The molecule has 0 aliphatic carbocycles. The Balaban J connectivity index is 2.24. The van der Waals surface area contributed by atoms with Crippen LogP contribution in [0.3, 0.4) is 0 Å². The molecular weight excluding hydrogens is 221 g/mol. The van der Waals surface area contributed by atoms with E-state index in [0.717, 1.165) is 11.5 Å². The topological polar surface area (TPSA) is 29.1 Å². The van der Waals surface area contributed by atoms with E-state index in [9.17, 15) is 4.79 Å². The quantitative estimate of drug-likeness (QED) is 0.787. The Morgan fingerprint density at radius 3 is 2.57 bits per heavy atom. The normalized spacial score (nSPS) is 17.1. The molecule has 73 valence electrons. The highest BCUT2D eigenvalue weighted by Crippen LogP contribution is 2.28. The van der Waals surface area contributed by atoms with Gasteiger partial charge in [0.2, 0.25) is 5.91 Å². The van der Waals surface area contributed by atoms with Gasteiger partial charge in [0.1, 0.15) is 0 Å². The van der Waals surface area contributed by atoms with E-state index in [-0.39, 0.29) is 5.91 Å². The van der Waals surface area contributed by atoms with Crippen LogP contribution in [-0.4, -0.2) is 12.5 Å². The van der Waals surface area contributed by atoms with Crippen LogP contribution in [0.2, 0.25) is 10.0 Å². The fourth-order valence-electron chi connectivity index (χ4n) is 1.44. The van der Waals surface area contributed by atoms with E-state index >= 15 is 0 Å². The molecule has 14 heavy (non-hydrogen) atoms. The maximum atomic E-state index is 11.0. The number of amides is 1. The molecule has 0 atom stereocenters. The molecule has 1 aromatic carbocycles. The number of hydrogen-bond donors (Lipinski definition) is 1. The van der Waals surface area contributed by atoms with E-state index in [2.05, 4.69) is 5.32 Å². The maximum absolute atomic E-state index is 11.0. The minimum Gasteiger partial charge on any atom is -0.355 e. The third-order valence-corrected chi connectivity index (χ3v) is 2.94. The zero-order chi connectivity index (χ0) is 10.1. The molecule has 1 aliphatic rings. The second kappa shape index (κ2) is 3.79. The molecule has 0 spiro atoms. The summed E-state index contributed by atoms with van der Waals surface area (Å²) in [5, 5.41) is 3.81. The summed E-state index contributed by atoms with van der Waals surface area (Å²) in [7, 11) is 0. The monoisotopic (exact) mass is 228 g/mol. The minimum absolute atomic E-state index is 0.0612. The Hall–Kier alpha value is -0.730. The second-order valence-corrected chi connectivity index (χ2v) is 4.00. The Morgan fingerprint density at radius 2 is 2.00 bits per heavy atom. The maximum Gasteiger partial charge on any atom is 0.221 e. The van der Waals surface area contributed by atoms with Gasteiger partial charge in [-0.2, -0.15) is 0 Å². The number of halogens is 2. The van der Waals surface area contributed by atoms with Crippen molar-refractivity contribution in [3.63, 3.8) is 0 Å². The molecule has 0 unspecified atom stereocenters.